The number of unbranched alkanes of at least 4 members (excludes halogenated alkanes) is 1. The number of benzene rings is 1. The molecule has 3 rings (SSSR count). The predicted molar refractivity (Wildman–Crippen MR) is 104 cm³/mol. The van der Waals surface area contributed by atoms with Crippen LogP contribution in [0.1, 0.15) is 37.3 Å². The Balaban J connectivity index is 1.98. The molecule has 1 amide bonds. The Kier molecular flexibility index (Phi) is 5.25. The van der Waals surface area contributed by atoms with Crippen molar-refractivity contribution in [2.75, 3.05) is 16.4 Å². The standard InChI is InChI=1S/C18H24N2O3S2/c1-4-5-6-17(21)19-18-20(14-8-12(2)7-13(3)9-14)15-10-25(22,23)11-16(15)24-18/h7-9,15-16H,4-6,10-11H2,1-3H3/t15-,16-/m0/s1. The average Bonchev–Trinajstić information content (AvgIpc) is 2.94. The zero-order valence-electron chi connectivity index (χ0n) is 14.9. The molecule has 25 heavy (non-hydrogen) atoms. The molecular weight excluding hydrogens is 356 g/mol. The van der Waals surface area contributed by atoms with Crippen LogP contribution < -0.4 is 4.90 Å². The van der Waals surface area contributed by atoms with Crippen molar-refractivity contribution in [2.24, 2.45) is 4.99 Å². The number of aliphatic imine (C=N–C) groups is 1. The monoisotopic (exact) mass is 380 g/mol. The van der Waals surface area contributed by atoms with Crippen LogP contribution >= 0.6 is 11.8 Å². The van der Waals surface area contributed by atoms with E-state index < -0.39 is 9.84 Å². The molecule has 0 N–H and O–H groups in total. The summed E-state index contributed by atoms with van der Waals surface area (Å²) in [5, 5.41) is 0.597. The second-order valence-corrected chi connectivity index (χ2v) is 10.3. The van der Waals surface area contributed by atoms with Gasteiger partial charge in [-0.15, -0.1) is 0 Å². The Labute approximate surface area is 153 Å². The van der Waals surface area contributed by atoms with E-state index in [1.54, 1.807) is 0 Å². The van der Waals surface area contributed by atoms with E-state index in [1.807, 2.05) is 37.8 Å². The number of hydrogen-bond acceptors (Lipinski definition) is 4. The number of thioether (sulfide) groups is 1. The fourth-order valence-corrected chi connectivity index (χ4v) is 7.38. The number of sulfone groups is 1. The van der Waals surface area contributed by atoms with Crippen LogP contribution in [0.2, 0.25) is 0 Å². The molecule has 5 nitrogen and oxygen atoms in total. The van der Waals surface area contributed by atoms with E-state index in [-0.39, 0.29) is 28.7 Å². The lowest BCUT2D eigenvalue weighted by Crippen LogP contribution is -2.37. The van der Waals surface area contributed by atoms with Gasteiger partial charge >= 0.3 is 0 Å². The number of carbonyl (C=O) groups is 1. The SMILES string of the molecule is CCCCC(=O)N=C1S[C@H]2CS(=O)(=O)C[C@@H]2N1c1cc(C)cc(C)c1. The average molecular weight is 381 g/mol. The van der Waals surface area contributed by atoms with Gasteiger partial charge in [-0.05, 0) is 43.5 Å². The summed E-state index contributed by atoms with van der Waals surface area (Å²) in [5.74, 6) is 0.160. The van der Waals surface area contributed by atoms with Crippen LogP contribution in [-0.2, 0) is 14.6 Å². The number of aryl methyl sites for hydroxylation is 2. The molecule has 0 aliphatic carbocycles. The molecule has 0 unspecified atom stereocenters. The Hall–Kier alpha value is -1.34. The lowest BCUT2D eigenvalue weighted by Gasteiger charge is -2.25. The van der Waals surface area contributed by atoms with Gasteiger partial charge in [-0.2, -0.15) is 4.99 Å². The molecule has 2 aliphatic heterocycles. The maximum absolute atomic E-state index is 12.2. The van der Waals surface area contributed by atoms with Crippen LogP contribution in [0.25, 0.3) is 0 Å². The Bertz CT molecular complexity index is 797. The van der Waals surface area contributed by atoms with Crippen LogP contribution in [0, 0.1) is 13.8 Å². The summed E-state index contributed by atoms with van der Waals surface area (Å²) in [5.41, 5.74) is 3.15. The highest BCUT2D eigenvalue weighted by atomic mass is 32.2. The molecule has 1 aromatic rings. The van der Waals surface area contributed by atoms with Gasteiger partial charge in [0.05, 0.1) is 17.5 Å². The maximum Gasteiger partial charge on any atom is 0.248 e. The second kappa shape index (κ2) is 7.11. The first kappa shape index (κ1) is 18.5. The van der Waals surface area contributed by atoms with Crippen molar-refractivity contribution in [1.82, 2.24) is 0 Å². The molecule has 0 saturated carbocycles. The van der Waals surface area contributed by atoms with E-state index in [9.17, 15) is 13.2 Å². The van der Waals surface area contributed by atoms with Crippen molar-refractivity contribution in [2.45, 2.75) is 51.3 Å². The topological polar surface area (TPSA) is 66.8 Å². The quantitative estimate of drug-likeness (QED) is 0.803. The minimum atomic E-state index is -3.04. The van der Waals surface area contributed by atoms with Gasteiger partial charge in [-0.25, -0.2) is 8.42 Å². The van der Waals surface area contributed by atoms with Crippen molar-refractivity contribution in [3.63, 3.8) is 0 Å². The number of hydrogen-bond donors (Lipinski definition) is 0. The zero-order valence-corrected chi connectivity index (χ0v) is 16.5. The number of rotatable bonds is 4. The highest BCUT2D eigenvalue weighted by Gasteiger charge is 2.49. The molecule has 1 aromatic carbocycles. The molecule has 2 aliphatic rings. The summed E-state index contributed by atoms with van der Waals surface area (Å²) in [6, 6.07) is 6.01. The molecule has 2 atom stereocenters. The summed E-state index contributed by atoms with van der Waals surface area (Å²) >= 11 is 1.44. The Morgan fingerprint density at radius 2 is 1.92 bits per heavy atom. The fourth-order valence-electron chi connectivity index (χ4n) is 3.45. The van der Waals surface area contributed by atoms with Crippen LogP contribution in [0.15, 0.2) is 23.2 Å². The minimum Gasteiger partial charge on any atom is -0.316 e. The van der Waals surface area contributed by atoms with Crippen molar-refractivity contribution >= 4 is 38.4 Å². The lowest BCUT2D eigenvalue weighted by molar-refractivity contribution is -0.117. The fraction of sp³-hybridized carbons (Fsp3) is 0.556. The van der Waals surface area contributed by atoms with Gasteiger partial charge in [0.25, 0.3) is 0 Å². The smallest absolute Gasteiger partial charge is 0.248 e. The normalized spacial score (nSPS) is 26.2. The third-order valence-corrected chi connectivity index (χ3v) is 7.73. The summed E-state index contributed by atoms with van der Waals surface area (Å²) in [6.45, 7) is 6.08. The van der Waals surface area contributed by atoms with Crippen LogP contribution in [-0.4, -0.2) is 42.3 Å². The van der Waals surface area contributed by atoms with E-state index >= 15 is 0 Å². The number of fused-ring (bicyclic) bond motifs is 1. The largest absolute Gasteiger partial charge is 0.316 e. The van der Waals surface area contributed by atoms with Gasteiger partial charge < -0.3 is 4.90 Å². The van der Waals surface area contributed by atoms with E-state index in [1.165, 1.54) is 11.8 Å². The third kappa shape index (κ3) is 4.08. The first-order chi connectivity index (χ1) is 11.8. The second-order valence-electron chi connectivity index (χ2n) is 6.91. The molecule has 0 bridgehead atoms. The predicted octanol–water partition coefficient (Wildman–Crippen LogP) is 3.10. The van der Waals surface area contributed by atoms with Gasteiger partial charge in [0.15, 0.2) is 15.0 Å². The van der Waals surface area contributed by atoms with Gasteiger partial charge in [0.1, 0.15) is 0 Å². The highest BCUT2D eigenvalue weighted by molar-refractivity contribution is 8.16. The number of nitrogens with zero attached hydrogens (tertiary/aromatic N) is 2. The summed E-state index contributed by atoms with van der Waals surface area (Å²) in [6.07, 6.45) is 2.22. The van der Waals surface area contributed by atoms with Crippen LogP contribution in [0.5, 0.6) is 0 Å². The van der Waals surface area contributed by atoms with E-state index in [0.29, 0.717) is 11.6 Å². The molecule has 2 saturated heterocycles. The molecule has 0 spiro atoms. The van der Waals surface area contributed by atoms with Gasteiger partial charge in [-0.3, -0.25) is 4.79 Å². The molecule has 0 aromatic heterocycles. The number of amidine groups is 1. The maximum atomic E-state index is 12.2. The number of anilines is 1. The van der Waals surface area contributed by atoms with Crippen LogP contribution in [0.3, 0.4) is 0 Å². The van der Waals surface area contributed by atoms with Crippen LogP contribution in [0.4, 0.5) is 5.69 Å². The molecule has 7 heteroatoms. The Morgan fingerprint density at radius 3 is 2.56 bits per heavy atom. The van der Waals surface area contributed by atoms with Gasteiger partial charge in [0.2, 0.25) is 5.91 Å². The molecule has 2 heterocycles. The van der Waals surface area contributed by atoms with Crippen molar-refractivity contribution in [3.05, 3.63) is 29.3 Å². The lowest BCUT2D eigenvalue weighted by atomic mass is 10.1. The van der Waals surface area contributed by atoms with Crippen molar-refractivity contribution in [3.8, 4) is 0 Å². The Morgan fingerprint density at radius 1 is 1.24 bits per heavy atom. The summed E-state index contributed by atoms with van der Waals surface area (Å²) in [4.78, 5) is 18.5. The van der Waals surface area contributed by atoms with E-state index in [4.69, 9.17) is 0 Å². The minimum absolute atomic E-state index is 0.0523. The first-order valence-corrected chi connectivity index (χ1v) is 11.4. The highest BCUT2D eigenvalue weighted by Crippen LogP contribution is 2.41. The van der Waals surface area contributed by atoms with Crippen molar-refractivity contribution in [1.29, 1.82) is 0 Å². The van der Waals surface area contributed by atoms with Gasteiger partial charge in [0, 0.05) is 17.4 Å². The van der Waals surface area contributed by atoms with Crippen molar-refractivity contribution < 1.29 is 13.2 Å². The summed E-state index contributed by atoms with van der Waals surface area (Å²) in [7, 11) is -3.04. The van der Waals surface area contributed by atoms with E-state index in [0.717, 1.165) is 29.7 Å². The molecular formula is C18H24N2O3S2. The third-order valence-electron chi connectivity index (χ3n) is 4.52. The number of amides is 1. The molecule has 2 fully saturated rings. The zero-order chi connectivity index (χ0) is 18.2. The van der Waals surface area contributed by atoms with E-state index in [2.05, 4.69) is 11.1 Å². The number of carbonyl (C=O) groups excluding carboxylic acids is 1. The molecule has 136 valence electrons. The first-order valence-electron chi connectivity index (χ1n) is 8.65. The van der Waals surface area contributed by atoms with Gasteiger partial charge in [-0.1, -0.05) is 31.2 Å². The summed E-state index contributed by atoms with van der Waals surface area (Å²) < 4.78 is 24.2. The molecule has 0 radical (unpaired) electrons.